The Bertz CT molecular complexity index is 1260. The lowest BCUT2D eigenvalue weighted by molar-refractivity contribution is 0.0696. The predicted molar refractivity (Wildman–Crippen MR) is 99.4 cm³/mol. The highest BCUT2D eigenvalue weighted by molar-refractivity contribution is 6.03. The van der Waals surface area contributed by atoms with Crippen molar-refractivity contribution in [2.45, 2.75) is 0 Å². The molecule has 0 bridgehead atoms. The molecule has 0 spiro atoms. The fourth-order valence-electron chi connectivity index (χ4n) is 2.72. The van der Waals surface area contributed by atoms with Crippen LogP contribution in [0.25, 0.3) is 22.1 Å². The molecule has 0 atom stereocenters. The summed E-state index contributed by atoms with van der Waals surface area (Å²) in [6, 6.07) is 9.50. The monoisotopic (exact) mass is 398 g/mol. The summed E-state index contributed by atoms with van der Waals surface area (Å²) in [5.74, 6) is -4.60. The molecule has 0 amide bonds. The second-order valence-electron chi connectivity index (χ2n) is 5.89. The molecule has 2 N–H and O–H groups in total. The highest BCUT2D eigenvalue weighted by atomic mass is 19.1. The third-order valence-corrected chi connectivity index (χ3v) is 4.07. The molecule has 1 aromatic heterocycles. The van der Waals surface area contributed by atoms with Crippen LogP contribution in [0.2, 0.25) is 0 Å². The van der Waals surface area contributed by atoms with Gasteiger partial charge in [0.05, 0.1) is 17.4 Å². The van der Waals surface area contributed by atoms with E-state index in [4.69, 9.17) is 9.52 Å². The zero-order valence-corrected chi connectivity index (χ0v) is 14.6. The van der Waals surface area contributed by atoms with E-state index in [1.807, 2.05) is 0 Å². The lowest BCUT2D eigenvalue weighted by Crippen LogP contribution is -2.04. The highest BCUT2D eigenvalue weighted by Gasteiger charge is 2.17. The van der Waals surface area contributed by atoms with Crippen LogP contribution in [0.3, 0.4) is 0 Å². The molecule has 0 radical (unpaired) electrons. The van der Waals surface area contributed by atoms with E-state index in [-0.39, 0.29) is 27.7 Å². The predicted octanol–water partition coefficient (Wildman–Crippen LogP) is 4.26. The third kappa shape index (κ3) is 4.11. The number of aromatic carboxylic acids is 2. The van der Waals surface area contributed by atoms with Crippen LogP contribution in [-0.4, -0.2) is 22.2 Å². The summed E-state index contributed by atoms with van der Waals surface area (Å²) in [4.78, 5) is 34.6. The number of fused-ring (bicyclic) bond motifs is 1. The largest absolute Gasteiger partial charge is 0.478 e. The zero-order chi connectivity index (χ0) is 21.1. The van der Waals surface area contributed by atoms with Gasteiger partial charge >= 0.3 is 11.9 Å². The van der Waals surface area contributed by atoms with Gasteiger partial charge in [-0.2, -0.15) is 0 Å². The van der Waals surface area contributed by atoms with Crippen LogP contribution < -0.4 is 5.43 Å². The van der Waals surface area contributed by atoms with Gasteiger partial charge in [-0.3, -0.25) is 4.79 Å². The Morgan fingerprint density at radius 3 is 2.24 bits per heavy atom. The average molecular weight is 398 g/mol. The normalized spacial score (nSPS) is 10.4. The van der Waals surface area contributed by atoms with E-state index in [1.165, 1.54) is 12.1 Å². The summed E-state index contributed by atoms with van der Waals surface area (Å²) in [5, 5.41) is 18.7. The van der Waals surface area contributed by atoms with Crippen LogP contribution in [0.1, 0.15) is 20.7 Å². The van der Waals surface area contributed by atoms with Crippen LogP contribution in [0.4, 0.5) is 8.78 Å². The molecule has 0 saturated heterocycles. The zero-order valence-electron chi connectivity index (χ0n) is 14.6. The van der Waals surface area contributed by atoms with Gasteiger partial charge in [0.2, 0.25) is 5.43 Å². The Morgan fingerprint density at radius 1 is 0.828 bits per heavy atom. The highest BCUT2D eigenvalue weighted by Crippen LogP contribution is 2.31. The molecule has 29 heavy (non-hydrogen) atoms. The van der Waals surface area contributed by atoms with E-state index in [9.17, 15) is 28.3 Å². The minimum absolute atomic E-state index is 0.0148. The van der Waals surface area contributed by atoms with Gasteiger partial charge in [-0.15, -0.1) is 0 Å². The Morgan fingerprint density at radius 2 is 1.55 bits per heavy atom. The number of rotatable bonds is 3. The fraction of sp³-hybridized carbons (Fsp3) is 0. The van der Waals surface area contributed by atoms with Crippen molar-refractivity contribution in [2.75, 3.05) is 0 Å². The van der Waals surface area contributed by atoms with Gasteiger partial charge in [0.15, 0.2) is 5.82 Å². The first-order valence-corrected chi connectivity index (χ1v) is 8.14. The van der Waals surface area contributed by atoms with Gasteiger partial charge in [-0.25, -0.2) is 18.4 Å². The molecular weight excluding hydrogens is 386 g/mol. The van der Waals surface area contributed by atoms with Crippen molar-refractivity contribution in [3.8, 4) is 11.1 Å². The van der Waals surface area contributed by atoms with Crippen molar-refractivity contribution in [3.63, 3.8) is 0 Å². The first kappa shape index (κ1) is 19.7. The third-order valence-electron chi connectivity index (χ3n) is 4.07. The molecule has 146 valence electrons. The SMILES string of the molecule is O=C(O)c1ccc(-c2ccc(F)c(=O)ccoc3ccc(F)cc23)c(C(=O)O)c1. The van der Waals surface area contributed by atoms with Crippen molar-refractivity contribution in [3.05, 3.63) is 93.8 Å². The van der Waals surface area contributed by atoms with Gasteiger partial charge in [0.1, 0.15) is 11.4 Å². The van der Waals surface area contributed by atoms with E-state index in [0.717, 1.165) is 48.7 Å². The Hall–Kier alpha value is -4.07. The lowest BCUT2D eigenvalue weighted by atomic mass is 9.95. The number of benzene rings is 2. The molecule has 0 aliphatic heterocycles. The maximum absolute atomic E-state index is 14.0. The van der Waals surface area contributed by atoms with Crippen molar-refractivity contribution in [2.24, 2.45) is 0 Å². The number of carbonyl (C=O) groups is 2. The fourth-order valence-corrected chi connectivity index (χ4v) is 2.72. The Balaban J connectivity index is 2.52. The van der Waals surface area contributed by atoms with Gasteiger partial charge < -0.3 is 14.6 Å². The number of halogens is 2. The van der Waals surface area contributed by atoms with Crippen molar-refractivity contribution in [1.29, 1.82) is 0 Å². The van der Waals surface area contributed by atoms with E-state index in [1.54, 1.807) is 0 Å². The van der Waals surface area contributed by atoms with Crippen molar-refractivity contribution in [1.82, 2.24) is 0 Å². The quantitative estimate of drug-likeness (QED) is 0.683. The molecule has 3 rings (SSSR count). The lowest BCUT2D eigenvalue weighted by Gasteiger charge is -2.09. The molecule has 8 heteroatoms. The first-order valence-electron chi connectivity index (χ1n) is 8.14. The van der Waals surface area contributed by atoms with Crippen LogP contribution in [-0.2, 0) is 0 Å². The summed E-state index contributed by atoms with van der Waals surface area (Å²) < 4.78 is 33.2. The second-order valence-corrected chi connectivity index (χ2v) is 5.89. The summed E-state index contributed by atoms with van der Waals surface area (Å²) >= 11 is 0. The molecule has 2 aromatic carbocycles. The molecular formula is C21H12F2O6. The number of hydrogen-bond donors (Lipinski definition) is 2. The Kier molecular flexibility index (Phi) is 5.36. The molecule has 0 aliphatic carbocycles. The summed E-state index contributed by atoms with van der Waals surface area (Å²) in [6.07, 6.45) is 0.932. The number of carboxylic acids is 2. The van der Waals surface area contributed by atoms with Gasteiger partial charge in [-0.05, 0) is 47.5 Å². The molecule has 0 aliphatic rings. The smallest absolute Gasteiger partial charge is 0.336 e. The minimum atomic E-state index is -1.44. The maximum atomic E-state index is 14.0. The molecule has 0 saturated carbocycles. The maximum Gasteiger partial charge on any atom is 0.336 e. The summed E-state index contributed by atoms with van der Waals surface area (Å²) in [6.45, 7) is 0. The summed E-state index contributed by atoms with van der Waals surface area (Å²) in [7, 11) is 0. The summed E-state index contributed by atoms with van der Waals surface area (Å²) in [5.41, 5.74) is -1.57. The van der Waals surface area contributed by atoms with E-state index >= 15 is 0 Å². The van der Waals surface area contributed by atoms with Gasteiger partial charge in [0.25, 0.3) is 0 Å². The average Bonchev–Trinajstić information content (AvgIpc) is 2.68. The number of carboxylic acid groups (broad SMARTS) is 2. The molecule has 0 unspecified atom stereocenters. The molecule has 0 fully saturated rings. The molecule has 3 aromatic rings. The van der Waals surface area contributed by atoms with Crippen LogP contribution in [0.5, 0.6) is 0 Å². The topological polar surface area (TPSA) is 105 Å². The second kappa shape index (κ2) is 7.89. The van der Waals surface area contributed by atoms with Crippen molar-refractivity contribution < 1.29 is 33.0 Å². The van der Waals surface area contributed by atoms with Crippen LogP contribution in [0, 0.1) is 11.6 Å². The van der Waals surface area contributed by atoms with Gasteiger partial charge in [0, 0.05) is 11.5 Å². The van der Waals surface area contributed by atoms with E-state index in [0.29, 0.717) is 0 Å². The standard InChI is InChI=1S/C21H12F2O6/c22-12-2-6-19-15(10-12)13(4-5-17(23)18(24)7-8-29-19)14-3-1-11(20(25)26)9-16(14)21(27)28/h1-10H,(H,25,26)(H,27,28). The molecule has 6 nitrogen and oxygen atoms in total. The van der Waals surface area contributed by atoms with E-state index in [2.05, 4.69) is 0 Å². The van der Waals surface area contributed by atoms with Crippen LogP contribution >= 0.6 is 0 Å². The molecule has 1 heterocycles. The first-order chi connectivity index (χ1) is 13.8. The van der Waals surface area contributed by atoms with Gasteiger partial charge in [-0.1, -0.05) is 12.1 Å². The van der Waals surface area contributed by atoms with E-state index < -0.39 is 34.6 Å². The van der Waals surface area contributed by atoms with Crippen molar-refractivity contribution >= 4 is 22.9 Å². The Labute approximate surface area is 161 Å². The van der Waals surface area contributed by atoms with Crippen LogP contribution in [0.15, 0.2) is 70.1 Å². The minimum Gasteiger partial charge on any atom is -0.478 e. The number of hydrogen-bond acceptors (Lipinski definition) is 4.